The van der Waals surface area contributed by atoms with Gasteiger partial charge in [-0.3, -0.25) is 4.79 Å². The lowest BCUT2D eigenvalue weighted by Crippen LogP contribution is -2.29. The van der Waals surface area contributed by atoms with E-state index in [9.17, 15) is 22.7 Å². The van der Waals surface area contributed by atoms with Crippen molar-refractivity contribution in [1.29, 1.82) is 0 Å². The van der Waals surface area contributed by atoms with Gasteiger partial charge in [-0.15, -0.1) is 0 Å². The molecule has 0 aliphatic heterocycles. The Hall–Kier alpha value is -2.46. The van der Waals surface area contributed by atoms with E-state index in [4.69, 9.17) is 4.74 Å². The second kappa shape index (κ2) is 10.2. The van der Waals surface area contributed by atoms with Crippen molar-refractivity contribution in [3.63, 3.8) is 0 Å². The molecule has 3 N–H and O–H groups in total. The third-order valence-corrected chi connectivity index (χ3v) is 6.69. The van der Waals surface area contributed by atoms with Crippen LogP contribution in [0.4, 0.5) is 4.39 Å². The number of sulfonamides is 1. The fourth-order valence-corrected chi connectivity index (χ4v) is 4.50. The Morgan fingerprint density at radius 2 is 2.10 bits per heavy atom. The number of nitrogens with one attached hydrogen (secondary N) is 2. The summed E-state index contributed by atoms with van der Waals surface area (Å²) in [4.78, 5) is 17.2. The van der Waals surface area contributed by atoms with Crippen LogP contribution in [0.2, 0.25) is 0 Å². The van der Waals surface area contributed by atoms with Gasteiger partial charge in [-0.05, 0) is 62.6 Å². The number of ether oxygens (including phenoxy) is 1. The summed E-state index contributed by atoms with van der Waals surface area (Å²) in [5, 5.41) is 9.31. The smallest absolute Gasteiger partial charge is 0.310 e. The minimum absolute atomic E-state index is 0.0339. The summed E-state index contributed by atoms with van der Waals surface area (Å²) >= 11 is 0. The SMILES string of the molecule is C[C@@H](NS(=O)(=O)CCCCCc1c[nH]c(=O)c(O)n1)c1ccc(F)c(OCC2CC2)c1. The van der Waals surface area contributed by atoms with E-state index in [0.717, 1.165) is 12.8 Å². The molecule has 170 valence electrons. The van der Waals surface area contributed by atoms with Crippen molar-refractivity contribution in [1.82, 2.24) is 14.7 Å². The summed E-state index contributed by atoms with van der Waals surface area (Å²) < 4.78 is 46.9. The molecular weight excluding hydrogens is 425 g/mol. The molecule has 0 bridgehead atoms. The second-order valence-electron chi connectivity index (χ2n) is 7.96. The predicted molar refractivity (Wildman–Crippen MR) is 114 cm³/mol. The van der Waals surface area contributed by atoms with Gasteiger partial charge < -0.3 is 14.8 Å². The van der Waals surface area contributed by atoms with Gasteiger partial charge in [0.1, 0.15) is 0 Å². The van der Waals surface area contributed by atoms with Crippen LogP contribution >= 0.6 is 0 Å². The highest BCUT2D eigenvalue weighted by Crippen LogP contribution is 2.31. The number of hydrogen-bond donors (Lipinski definition) is 3. The van der Waals surface area contributed by atoms with Crippen LogP contribution in [-0.4, -0.2) is 35.9 Å². The molecule has 3 rings (SSSR count). The van der Waals surface area contributed by atoms with Crippen LogP contribution in [0.5, 0.6) is 11.6 Å². The molecule has 1 heterocycles. The van der Waals surface area contributed by atoms with Gasteiger partial charge in [0.15, 0.2) is 11.6 Å². The molecule has 10 heteroatoms. The summed E-state index contributed by atoms with van der Waals surface area (Å²) in [5.41, 5.74) is 0.542. The van der Waals surface area contributed by atoms with Crippen molar-refractivity contribution < 1.29 is 22.7 Å². The average Bonchev–Trinajstić information content (AvgIpc) is 3.53. The Balaban J connectivity index is 1.44. The fourth-order valence-electron chi connectivity index (χ4n) is 3.12. The van der Waals surface area contributed by atoms with Gasteiger partial charge >= 0.3 is 5.56 Å². The van der Waals surface area contributed by atoms with Gasteiger partial charge in [-0.2, -0.15) is 0 Å². The molecule has 0 spiro atoms. The van der Waals surface area contributed by atoms with Gasteiger partial charge in [0.05, 0.1) is 18.1 Å². The standard InChI is InChI=1S/C21H28FN3O5S/c1-14(16-8-9-18(22)19(11-16)30-13-15-6-7-15)25-31(28,29)10-4-2-3-5-17-12-23-20(26)21(27)24-17/h8-9,11-12,14-15,25H,2-7,10,13H2,1H3,(H,23,26)(H,24,27)/t14-/m1/s1. The Bertz CT molecular complexity index is 1050. The molecule has 0 radical (unpaired) electrons. The zero-order valence-corrected chi connectivity index (χ0v) is 18.3. The maximum Gasteiger partial charge on any atom is 0.310 e. The van der Waals surface area contributed by atoms with E-state index < -0.39 is 33.3 Å². The number of aromatic nitrogens is 2. The first-order valence-electron chi connectivity index (χ1n) is 10.4. The van der Waals surface area contributed by atoms with Crippen molar-refractivity contribution in [2.45, 2.75) is 51.5 Å². The number of aromatic amines is 1. The van der Waals surface area contributed by atoms with Crippen molar-refractivity contribution in [3.05, 3.63) is 51.8 Å². The topological polar surface area (TPSA) is 121 Å². The molecule has 1 aromatic carbocycles. The highest BCUT2D eigenvalue weighted by molar-refractivity contribution is 7.89. The molecule has 1 aliphatic rings. The molecular formula is C21H28FN3O5S. The maximum atomic E-state index is 13.9. The normalized spacial score (nSPS) is 15.0. The molecule has 1 fully saturated rings. The lowest BCUT2D eigenvalue weighted by Gasteiger charge is -2.16. The second-order valence-corrected chi connectivity index (χ2v) is 9.83. The van der Waals surface area contributed by atoms with Gasteiger partial charge in [0.2, 0.25) is 10.0 Å². The van der Waals surface area contributed by atoms with E-state index in [0.29, 0.717) is 49.5 Å². The number of halogens is 1. The molecule has 0 amide bonds. The van der Waals surface area contributed by atoms with Crippen LogP contribution in [0.25, 0.3) is 0 Å². The summed E-state index contributed by atoms with van der Waals surface area (Å²) in [5.74, 6) is -0.416. The molecule has 0 saturated heterocycles. The van der Waals surface area contributed by atoms with Gasteiger partial charge in [0.25, 0.3) is 5.88 Å². The zero-order chi connectivity index (χ0) is 22.4. The van der Waals surface area contributed by atoms with Crippen LogP contribution in [0.3, 0.4) is 0 Å². The molecule has 31 heavy (non-hydrogen) atoms. The van der Waals surface area contributed by atoms with Gasteiger partial charge in [-0.1, -0.05) is 12.5 Å². The van der Waals surface area contributed by atoms with E-state index >= 15 is 0 Å². The molecule has 1 atom stereocenters. The highest BCUT2D eigenvalue weighted by atomic mass is 32.2. The number of nitrogens with zero attached hydrogens (tertiary/aromatic N) is 1. The molecule has 2 aromatic rings. The Labute approximate surface area is 180 Å². The predicted octanol–water partition coefficient (Wildman–Crippen LogP) is 2.80. The third-order valence-electron chi connectivity index (χ3n) is 5.15. The molecule has 1 saturated carbocycles. The largest absolute Gasteiger partial charge is 0.490 e. The summed E-state index contributed by atoms with van der Waals surface area (Å²) in [6, 6.07) is 3.89. The summed E-state index contributed by atoms with van der Waals surface area (Å²) in [6.45, 7) is 2.19. The monoisotopic (exact) mass is 453 g/mol. The van der Waals surface area contributed by atoms with Crippen LogP contribution in [0, 0.1) is 11.7 Å². The minimum Gasteiger partial charge on any atom is -0.490 e. The number of rotatable bonds is 12. The number of hydrogen-bond acceptors (Lipinski definition) is 6. The third kappa shape index (κ3) is 7.32. The van der Waals surface area contributed by atoms with Crippen LogP contribution in [0.15, 0.2) is 29.2 Å². The van der Waals surface area contributed by atoms with Crippen molar-refractivity contribution in [3.8, 4) is 11.6 Å². The van der Waals surface area contributed by atoms with Gasteiger partial charge in [0, 0.05) is 12.2 Å². The number of benzene rings is 1. The molecule has 1 aromatic heterocycles. The number of H-pyrrole nitrogens is 1. The first kappa shape index (κ1) is 23.2. The Morgan fingerprint density at radius 1 is 1.32 bits per heavy atom. The highest BCUT2D eigenvalue weighted by Gasteiger charge is 2.23. The molecule has 0 unspecified atom stereocenters. The molecule has 1 aliphatic carbocycles. The van der Waals surface area contributed by atoms with E-state index in [-0.39, 0.29) is 11.5 Å². The van der Waals surface area contributed by atoms with Crippen LogP contribution in [0.1, 0.15) is 56.3 Å². The zero-order valence-electron chi connectivity index (χ0n) is 17.4. The van der Waals surface area contributed by atoms with E-state index in [1.165, 1.54) is 12.3 Å². The number of aromatic hydroxyl groups is 1. The quantitative estimate of drug-likeness (QED) is 0.425. The summed E-state index contributed by atoms with van der Waals surface area (Å²) in [7, 11) is -3.51. The fraction of sp³-hybridized carbons (Fsp3) is 0.524. The number of unbranched alkanes of at least 4 members (excludes halogenated alkanes) is 2. The number of aryl methyl sites for hydroxylation is 1. The molecule has 8 nitrogen and oxygen atoms in total. The summed E-state index contributed by atoms with van der Waals surface area (Å²) in [6.07, 6.45) is 5.93. The average molecular weight is 454 g/mol. The van der Waals surface area contributed by atoms with Gasteiger partial charge in [-0.25, -0.2) is 22.5 Å². The van der Waals surface area contributed by atoms with Crippen LogP contribution in [-0.2, 0) is 16.4 Å². The van der Waals surface area contributed by atoms with Crippen molar-refractivity contribution in [2.75, 3.05) is 12.4 Å². The minimum atomic E-state index is -3.51. The lowest BCUT2D eigenvalue weighted by molar-refractivity contribution is 0.285. The maximum absolute atomic E-state index is 13.9. The Morgan fingerprint density at radius 3 is 2.81 bits per heavy atom. The first-order valence-corrected chi connectivity index (χ1v) is 12.1. The van der Waals surface area contributed by atoms with Crippen LogP contribution < -0.4 is 15.0 Å². The van der Waals surface area contributed by atoms with Crippen molar-refractivity contribution >= 4 is 10.0 Å². The van der Waals surface area contributed by atoms with E-state index in [1.54, 1.807) is 19.1 Å². The van der Waals surface area contributed by atoms with E-state index in [1.807, 2.05) is 0 Å². The first-order chi connectivity index (χ1) is 14.7. The lowest BCUT2D eigenvalue weighted by atomic mass is 10.1. The van der Waals surface area contributed by atoms with E-state index in [2.05, 4.69) is 14.7 Å². The van der Waals surface area contributed by atoms with Crippen molar-refractivity contribution in [2.24, 2.45) is 5.92 Å². The Kier molecular flexibility index (Phi) is 7.66.